The van der Waals surface area contributed by atoms with Gasteiger partial charge in [-0.2, -0.15) is 0 Å². The van der Waals surface area contributed by atoms with Crippen LogP contribution in [0.4, 0.5) is 0 Å². The van der Waals surface area contributed by atoms with Gasteiger partial charge in [0.25, 0.3) is 11.8 Å². The molecule has 0 saturated heterocycles. The average Bonchev–Trinajstić information content (AvgIpc) is 3.60. The number of amides is 2. The van der Waals surface area contributed by atoms with E-state index in [2.05, 4.69) is 20.6 Å². The summed E-state index contributed by atoms with van der Waals surface area (Å²) >= 11 is 5.94. The molecular weight excluding hydrogens is 536 g/mol. The van der Waals surface area contributed by atoms with Gasteiger partial charge in [0.1, 0.15) is 23.6 Å². The van der Waals surface area contributed by atoms with Gasteiger partial charge in [-0.15, -0.1) is 10.2 Å². The van der Waals surface area contributed by atoms with Crippen molar-refractivity contribution in [3.05, 3.63) is 83.4 Å². The zero-order valence-corrected chi connectivity index (χ0v) is 23.3. The van der Waals surface area contributed by atoms with Crippen LogP contribution in [0.2, 0.25) is 5.02 Å². The fraction of sp³-hybridized carbons (Fsp3) is 0.259. The smallest absolute Gasteiger partial charge is 0.271 e. The highest BCUT2D eigenvalue weighted by atomic mass is 35.5. The third-order valence-corrected chi connectivity index (χ3v) is 6.47. The number of para-hydroxylation sites is 2. The van der Waals surface area contributed by atoms with Gasteiger partial charge in [0.2, 0.25) is 0 Å². The van der Waals surface area contributed by atoms with Crippen molar-refractivity contribution in [3.63, 3.8) is 0 Å². The van der Waals surface area contributed by atoms with Crippen LogP contribution < -0.4 is 0 Å². The fourth-order valence-corrected chi connectivity index (χ4v) is 4.03. The minimum atomic E-state index is -0.566. The van der Waals surface area contributed by atoms with Crippen molar-refractivity contribution < 1.29 is 19.3 Å². The summed E-state index contributed by atoms with van der Waals surface area (Å²) in [6.45, 7) is 0.116. The number of likely N-dealkylation sites (N-methyl/N-ethyl adjacent to an activating group) is 2. The van der Waals surface area contributed by atoms with Gasteiger partial charge in [0.15, 0.2) is 0 Å². The minimum absolute atomic E-state index is 0.116. The quantitative estimate of drug-likeness (QED) is 0.263. The Morgan fingerprint density at radius 3 is 2.05 bits per heavy atom. The Hall–Kier alpha value is -4.39. The first-order chi connectivity index (χ1) is 19.3. The highest BCUT2D eigenvalue weighted by molar-refractivity contribution is 6.30. The Bertz CT molecular complexity index is 1590. The molecule has 0 radical (unpaired) electrons. The van der Waals surface area contributed by atoms with E-state index in [1.807, 2.05) is 60.7 Å². The van der Waals surface area contributed by atoms with Gasteiger partial charge in [0.05, 0.1) is 25.3 Å². The van der Waals surface area contributed by atoms with E-state index < -0.39 is 6.04 Å². The molecule has 2 amide bonds. The third-order valence-electron chi connectivity index (χ3n) is 6.21. The van der Waals surface area contributed by atoms with Crippen molar-refractivity contribution >= 4 is 45.5 Å². The topological polar surface area (TPSA) is 120 Å². The van der Waals surface area contributed by atoms with Crippen LogP contribution in [0, 0.1) is 0 Å². The number of rotatable bonds is 8. The van der Waals surface area contributed by atoms with E-state index in [0.29, 0.717) is 11.4 Å². The lowest BCUT2D eigenvalue weighted by Crippen LogP contribution is -2.35. The lowest BCUT2D eigenvalue weighted by atomic mass is 10.1. The molecular formula is C27H29ClN8O4. The molecule has 2 heterocycles. The summed E-state index contributed by atoms with van der Waals surface area (Å²) in [5, 5.41) is 19.2. The number of fused-ring (bicyclic) bond motifs is 2. The molecule has 2 aromatic heterocycles. The van der Waals surface area contributed by atoms with Gasteiger partial charge in [-0.3, -0.25) is 19.3 Å². The van der Waals surface area contributed by atoms with Crippen LogP contribution in [0.15, 0.2) is 72.8 Å². The van der Waals surface area contributed by atoms with E-state index >= 15 is 0 Å². The summed E-state index contributed by atoms with van der Waals surface area (Å²) in [7, 11) is 6.03. The van der Waals surface area contributed by atoms with Gasteiger partial charge in [0, 0.05) is 25.5 Å². The molecule has 0 fully saturated rings. The normalized spacial score (nSPS) is 11.6. The molecule has 13 heteroatoms. The largest absolute Gasteiger partial charge is 0.275 e. The Labute approximate surface area is 235 Å². The van der Waals surface area contributed by atoms with Crippen LogP contribution in [-0.4, -0.2) is 80.2 Å². The van der Waals surface area contributed by atoms with Crippen LogP contribution in [0.25, 0.3) is 22.1 Å². The van der Waals surface area contributed by atoms with Crippen LogP contribution >= 0.6 is 11.6 Å². The number of benzene rings is 3. The SMILES string of the molecule is CON(C)C(=O)C(Cc1ccc(Cl)cc1)n1nnc2ccccc21.CON(C)C(=O)Cn1nnc2ccccc21. The van der Waals surface area contributed by atoms with E-state index in [9.17, 15) is 9.59 Å². The standard InChI is InChI=1S/C17H17ClN4O2.C10H12N4O2/c1-21(24-2)17(23)16(11-12-7-9-13(18)10-8-12)22-15-6-4-3-5-14(15)19-20-22;1-13(16-2)10(15)7-14-9-6-4-3-5-8(9)11-12-14/h3-10,16H,11H2,1-2H3;3-6H,7H2,1-2H3. The van der Waals surface area contributed by atoms with Crippen LogP contribution in [0.3, 0.4) is 0 Å². The van der Waals surface area contributed by atoms with Gasteiger partial charge >= 0.3 is 0 Å². The maximum Gasteiger partial charge on any atom is 0.271 e. The number of carbonyl (C=O) groups excluding carboxylic acids is 2. The monoisotopic (exact) mass is 564 g/mol. The Morgan fingerprint density at radius 2 is 1.40 bits per heavy atom. The number of aromatic nitrogens is 6. The zero-order valence-electron chi connectivity index (χ0n) is 22.5. The predicted octanol–water partition coefficient (Wildman–Crippen LogP) is 3.34. The van der Waals surface area contributed by atoms with Gasteiger partial charge in [-0.1, -0.05) is 58.4 Å². The molecule has 208 valence electrons. The van der Waals surface area contributed by atoms with E-state index in [4.69, 9.17) is 21.3 Å². The van der Waals surface area contributed by atoms with Crippen LogP contribution in [0.1, 0.15) is 11.6 Å². The van der Waals surface area contributed by atoms with E-state index in [1.54, 1.807) is 35.6 Å². The van der Waals surface area contributed by atoms with Crippen LogP contribution in [0.5, 0.6) is 0 Å². The second kappa shape index (κ2) is 13.1. The zero-order chi connectivity index (χ0) is 28.6. The van der Waals surface area contributed by atoms with Gasteiger partial charge in [-0.05, 0) is 42.0 Å². The molecule has 5 aromatic rings. The molecule has 0 aliphatic rings. The number of hydrogen-bond acceptors (Lipinski definition) is 8. The molecule has 12 nitrogen and oxygen atoms in total. The van der Waals surface area contributed by atoms with E-state index in [-0.39, 0.29) is 18.4 Å². The Morgan fingerprint density at radius 1 is 0.825 bits per heavy atom. The Balaban J connectivity index is 0.000000201. The third kappa shape index (κ3) is 6.60. The fourth-order valence-electron chi connectivity index (χ4n) is 3.90. The summed E-state index contributed by atoms with van der Waals surface area (Å²) in [6.07, 6.45) is 0.455. The van der Waals surface area contributed by atoms with E-state index in [0.717, 1.165) is 32.7 Å². The minimum Gasteiger partial charge on any atom is -0.275 e. The average molecular weight is 565 g/mol. The van der Waals surface area contributed by atoms with Gasteiger partial charge < -0.3 is 0 Å². The van der Waals surface area contributed by atoms with Crippen molar-refractivity contribution in [2.75, 3.05) is 28.3 Å². The molecule has 1 unspecified atom stereocenters. The maximum atomic E-state index is 12.8. The van der Waals surface area contributed by atoms with Gasteiger partial charge in [-0.25, -0.2) is 19.5 Å². The van der Waals surface area contributed by atoms with Crippen molar-refractivity contribution in [2.24, 2.45) is 0 Å². The number of halogens is 1. The molecule has 40 heavy (non-hydrogen) atoms. The summed E-state index contributed by atoms with van der Waals surface area (Å²) < 4.78 is 3.19. The predicted molar refractivity (Wildman–Crippen MR) is 149 cm³/mol. The second-order valence-electron chi connectivity index (χ2n) is 8.70. The molecule has 0 spiro atoms. The molecule has 0 bridgehead atoms. The lowest BCUT2D eigenvalue weighted by Gasteiger charge is -2.22. The van der Waals surface area contributed by atoms with Crippen molar-refractivity contribution in [2.45, 2.75) is 19.0 Å². The number of hydrogen-bond donors (Lipinski definition) is 0. The molecule has 0 aliphatic carbocycles. The number of hydroxylamine groups is 4. The highest BCUT2D eigenvalue weighted by Crippen LogP contribution is 2.22. The summed E-state index contributed by atoms with van der Waals surface area (Å²) in [6, 6.07) is 21.9. The van der Waals surface area contributed by atoms with Crippen molar-refractivity contribution in [1.29, 1.82) is 0 Å². The molecule has 0 saturated carbocycles. The first-order valence-corrected chi connectivity index (χ1v) is 12.6. The molecule has 1 atom stereocenters. The van der Waals surface area contributed by atoms with Crippen LogP contribution in [-0.2, 0) is 32.2 Å². The van der Waals surface area contributed by atoms with Crippen molar-refractivity contribution in [1.82, 2.24) is 40.1 Å². The molecule has 3 aromatic carbocycles. The summed E-state index contributed by atoms with van der Waals surface area (Å²) in [4.78, 5) is 34.2. The maximum absolute atomic E-state index is 12.8. The number of nitrogens with zero attached hydrogens (tertiary/aromatic N) is 8. The highest BCUT2D eigenvalue weighted by Gasteiger charge is 2.27. The summed E-state index contributed by atoms with van der Waals surface area (Å²) in [5.74, 6) is -0.388. The molecule has 5 rings (SSSR count). The number of carbonyl (C=O) groups is 2. The first-order valence-electron chi connectivity index (χ1n) is 12.3. The van der Waals surface area contributed by atoms with E-state index in [1.165, 1.54) is 19.3 Å². The molecule has 0 N–H and O–H groups in total. The molecule has 0 aliphatic heterocycles. The Kier molecular flexibility index (Phi) is 9.38. The second-order valence-corrected chi connectivity index (χ2v) is 9.13. The summed E-state index contributed by atoms with van der Waals surface area (Å²) in [5.41, 5.74) is 4.12. The first kappa shape index (κ1) is 28.6. The lowest BCUT2D eigenvalue weighted by molar-refractivity contribution is -0.172. The van der Waals surface area contributed by atoms with Crippen molar-refractivity contribution in [3.8, 4) is 0 Å².